The summed E-state index contributed by atoms with van der Waals surface area (Å²) in [5.41, 5.74) is -1.12. The molecule has 1 amide bonds. The van der Waals surface area contributed by atoms with Crippen molar-refractivity contribution in [1.82, 2.24) is 9.58 Å². The van der Waals surface area contributed by atoms with Crippen LogP contribution in [0.4, 0.5) is 15.8 Å². The summed E-state index contributed by atoms with van der Waals surface area (Å²) in [7, 11) is 1.41. The number of nitrogens with one attached hydrogen (secondary N) is 1. The molecule has 9 atom stereocenters. The van der Waals surface area contributed by atoms with E-state index in [1.807, 2.05) is 0 Å². The number of halogens is 2. The second-order valence-corrected chi connectivity index (χ2v) is 21.1. The Labute approximate surface area is 448 Å². The molecule has 1 saturated heterocycles. The van der Waals surface area contributed by atoms with E-state index < -0.39 is 111 Å². The number of amides is 1. The van der Waals surface area contributed by atoms with E-state index in [-0.39, 0.29) is 93.0 Å². The lowest BCUT2D eigenvalue weighted by Gasteiger charge is -2.38. The van der Waals surface area contributed by atoms with Gasteiger partial charge in [0.05, 0.1) is 93.3 Å². The van der Waals surface area contributed by atoms with E-state index in [9.17, 15) is 49.8 Å². The number of piperazine rings is 1. The normalized spacial score (nSPS) is 28.1. The van der Waals surface area contributed by atoms with E-state index in [1.54, 1.807) is 54.3 Å². The number of phenols is 3. The Bertz CT molecular complexity index is 3270. The minimum absolute atomic E-state index is 0.00234. The average molecular weight is 1090 g/mol. The van der Waals surface area contributed by atoms with E-state index in [2.05, 4.69) is 17.0 Å². The van der Waals surface area contributed by atoms with Gasteiger partial charge in [0.2, 0.25) is 0 Å². The zero-order valence-electron chi connectivity index (χ0n) is 44.3. The van der Waals surface area contributed by atoms with Crippen LogP contribution in [-0.2, 0) is 23.8 Å². The summed E-state index contributed by atoms with van der Waals surface area (Å²) in [6.45, 7) is 16.4. The Morgan fingerprint density at radius 2 is 1.65 bits per heavy atom. The lowest BCUT2D eigenvalue weighted by molar-refractivity contribution is -0.160. The van der Waals surface area contributed by atoms with Crippen LogP contribution < -0.4 is 20.4 Å². The van der Waals surface area contributed by atoms with Gasteiger partial charge in [-0.1, -0.05) is 64.1 Å². The van der Waals surface area contributed by atoms with Crippen LogP contribution >= 0.6 is 11.6 Å². The molecule has 5 heterocycles. The Hall–Kier alpha value is -7.13. The number of benzene rings is 3. The van der Waals surface area contributed by atoms with Crippen molar-refractivity contribution in [3.05, 3.63) is 98.3 Å². The molecular weight excluding hydrogens is 1020 g/mol. The predicted octanol–water partition coefficient (Wildman–Crippen LogP) is 7.88. The summed E-state index contributed by atoms with van der Waals surface area (Å²) < 4.78 is 41.7. The molecule has 4 aromatic rings. The number of nitrogens with zero attached hydrogens (tertiary/aromatic N) is 4. The van der Waals surface area contributed by atoms with Crippen LogP contribution in [0, 0.1) is 36.4 Å². The molecule has 3 aromatic carbocycles. The number of carbonyl (C=O) groups is 3. The highest BCUT2D eigenvalue weighted by Gasteiger charge is 2.50. The van der Waals surface area contributed by atoms with Gasteiger partial charge in [-0.25, -0.2) is 4.39 Å². The number of aliphatic hydroxyl groups excluding tert-OH is 3. The second-order valence-electron chi connectivity index (χ2n) is 20.7. The quantitative estimate of drug-likeness (QED) is 0.0305. The van der Waals surface area contributed by atoms with Crippen molar-refractivity contribution in [3.63, 3.8) is 0 Å². The van der Waals surface area contributed by atoms with Gasteiger partial charge in [-0.2, -0.15) is 5.10 Å². The highest BCUT2D eigenvalue weighted by atomic mass is 35.5. The third kappa shape index (κ3) is 10.3. The number of methoxy groups -OCH3 is 1. The van der Waals surface area contributed by atoms with Gasteiger partial charge in [0.1, 0.15) is 34.9 Å². The first-order valence-corrected chi connectivity index (χ1v) is 25.8. The summed E-state index contributed by atoms with van der Waals surface area (Å²) in [5.74, 6) is -10.4. The number of ether oxygens (including phenoxy) is 4. The molecule has 9 rings (SSSR count). The Kier molecular flexibility index (Phi) is 15.8. The summed E-state index contributed by atoms with van der Waals surface area (Å²) in [4.78, 5) is 56.3. The molecule has 4 aliphatic heterocycles. The van der Waals surface area contributed by atoms with E-state index in [4.69, 9.17) is 30.5 Å². The van der Waals surface area contributed by atoms with Crippen LogP contribution in [-0.4, -0.2) is 128 Å². The molecule has 2 fully saturated rings. The summed E-state index contributed by atoms with van der Waals surface area (Å²) in [5, 5.41) is 77.8. The molecule has 7 N–H and O–H groups in total. The molecule has 5 aliphatic rings. The maximum Gasteiger partial charge on any atom is 0.312 e. The third-order valence-electron chi connectivity index (χ3n) is 15.4. The monoisotopic (exact) mass is 1090 g/mol. The molecule has 0 spiro atoms. The van der Waals surface area contributed by atoms with Crippen LogP contribution in [0.5, 0.6) is 23.0 Å². The van der Waals surface area contributed by atoms with Crippen LogP contribution in [0.2, 0.25) is 5.02 Å². The number of esters is 1. The van der Waals surface area contributed by atoms with E-state index in [0.717, 1.165) is 25.2 Å². The molecule has 1 saturated carbocycles. The van der Waals surface area contributed by atoms with Crippen molar-refractivity contribution in [2.24, 2.45) is 28.8 Å². The van der Waals surface area contributed by atoms with Crippen molar-refractivity contribution in [3.8, 4) is 23.0 Å². The number of aromatic nitrogens is 1. The number of fused-ring (bicyclic) bond motifs is 15. The maximum atomic E-state index is 16.1. The van der Waals surface area contributed by atoms with Crippen LogP contribution in [0.3, 0.4) is 0 Å². The first-order chi connectivity index (χ1) is 36.3. The number of phenolic OH excluding ortho intramolecular Hbond substituents is 3. The number of ketones is 1. The number of allylic oxidation sites excluding steroid dienone is 2. The number of hydrazone groups is 1. The van der Waals surface area contributed by atoms with E-state index >= 15 is 4.39 Å². The van der Waals surface area contributed by atoms with Gasteiger partial charge in [-0.15, -0.1) is 0 Å². The minimum Gasteiger partial charge on any atom is -0.508 e. The molecule has 0 radical (unpaired) electrons. The number of pyridine rings is 1. The fourth-order valence-electron chi connectivity index (χ4n) is 10.6. The molecule has 1 aromatic heterocycles. The maximum absolute atomic E-state index is 16.1. The second kappa shape index (κ2) is 21.7. The molecule has 412 valence electrons. The third-order valence-corrected chi connectivity index (χ3v) is 15.7. The molecule has 21 heteroatoms. The Morgan fingerprint density at radius 3 is 2.27 bits per heavy atom. The molecule has 0 unspecified atom stereocenters. The van der Waals surface area contributed by atoms with Crippen LogP contribution in [0.1, 0.15) is 94.4 Å². The first kappa shape index (κ1) is 56.1. The number of rotatable bonds is 7. The zero-order chi connectivity index (χ0) is 56.3. The topological polar surface area (TPSA) is 262 Å². The summed E-state index contributed by atoms with van der Waals surface area (Å²) in [6.07, 6.45) is 7.42. The zero-order valence-corrected chi connectivity index (χ0v) is 45.0. The van der Waals surface area contributed by atoms with Crippen molar-refractivity contribution < 1.29 is 68.4 Å². The van der Waals surface area contributed by atoms with Gasteiger partial charge in [0.25, 0.3) is 11.7 Å². The van der Waals surface area contributed by atoms with Gasteiger partial charge >= 0.3 is 11.8 Å². The van der Waals surface area contributed by atoms with Crippen LogP contribution in [0.15, 0.2) is 64.9 Å². The number of anilines is 2. The van der Waals surface area contributed by atoms with Crippen molar-refractivity contribution in [1.29, 1.82) is 0 Å². The SMILES string of the molecule is C=C(O)c1cn(C2CC2)c2c(Cl)c(N3CCN(/N=C/c4c5c(O)c6c(O)c(C)c7c(c6c4O)C(=O)[C@@](C)(O/C=C/[C@H](OC)[C@@H](C)[C@@H](OC(C)=O)[C@H](C)[C@H](O)[C@H](C)[C@@H](O)[C@@H](C)/C=C/C=C(/C)C(=O)N5)O7)CC3)c(F)cc2c1=O. The van der Waals surface area contributed by atoms with Gasteiger partial charge in [0.15, 0.2) is 11.2 Å². The molecular formula is C56H65ClFN5O14. The van der Waals surface area contributed by atoms with Gasteiger partial charge in [-0.3, -0.25) is 24.2 Å². The largest absolute Gasteiger partial charge is 0.508 e. The number of hydrogen-bond donors (Lipinski definition) is 7. The average Bonchev–Trinajstić information content (AvgIpc) is 4.28. The van der Waals surface area contributed by atoms with Gasteiger partial charge in [-0.05, 0) is 38.8 Å². The predicted molar refractivity (Wildman–Crippen MR) is 288 cm³/mol. The summed E-state index contributed by atoms with van der Waals surface area (Å²) >= 11 is 6.98. The fraction of sp³-hybridized carbons (Fsp3) is 0.446. The number of aliphatic hydroxyl groups is 3. The fourth-order valence-corrected chi connectivity index (χ4v) is 11.0. The number of carbonyl (C=O) groups excluding carboxylic acids is 3. The van der Waals surface area contributed by atoms with Crippen molar-refractivity contribution >= 4 is 74.3 Å². The molecule has 19 nitrogen and oxygen atoms in total. The molecule has 5 bridgehead atoms. The standard InChI is InChI=1S/C56H65ClFN5O14/c1-25-12-11-13-26(2)55(73)60-43-35(23-59-62-19-17-61(18-20-62)45-37(58)22-34-44(42(45)57)63(33-14-15-33)24-36(31(7)64)49(34)69)50(70)39-40(51(43)71)48(68)30(6)53-41(39)54(72)56(9,77-53)75-21-16-38(74-10)27(3)52(76-32(8)65)29(5)47(67)28(4)46(25)66/h11-13,16,21-25,27-29,33,38,46-47,52,64,66-68,70-71H,7,14-15,17-20H2,1-6,8-10H3,(H,60,73)/b12-11+,21-16+,26-13-,59-23+/t25-,27+,28+,29+,38-,46-,47+,52+,56-/m0/s1. The molecule has 77 heavy (non-hydrogen) atoms. The number of aromatic hydroxyl groups is 3. The number of hydrogen-bond acceptors (Lipinski definition) is 17. The van der Waals surface area contributed by atoms with Crippen LogP contribution in [0.25, 0.3) is 27.4 Å². The van der Waals surface area contributed by atoms with Gasteiger partial charge in [0, 0.05) is 86.5 Å². The highest BCUT2D eigenvalue weighted by Crippen LogP contribution is 2.55. The van der Waals surface area contributed by atoms with Crippen molar-refractivity contribution in [2.45, 2.75) is 104 Å². The Balaban J connectivity index is 1.19. The smallest absolute Gasteiger partial charge is 0.312 e. The minimum atomic E-state index is -2.14. The van der Waals surface area contributed by atoms with Crippen molar-refractivity contribution in [2.75, 3.05) is 43.5 Å². The highest BCUT2D eigenvalue weighted by molar-refractivity contribution is 6.38. The Morgan fingerprint density at radius 1 is 0.974 bits per heavy atom. The van der Waals surface area contributed by atoms with E-state index in [1.165, 1.54) is 59.4 Å². The number of Topliss-reactive ketones (excluding diaryl/α,β-unsaturated/α-hetero) is 1. The first-order valence-electron chi connectivity index (χ1n) is 25.4. The summed E-state index contributed by atoms with van der Waals surface area (Å²) in [6, 6.07) is 1.11. The van der Waals surface area contributed by atoms with E-state index in [0.29, 0.717) is 5.52 Å². The lowest BCUT2D eigenvalue weighted by Crippen LogP contribution is -2.46. The van der Waals surface area contributed by atoms with Gasteiger partial charge < -0.3 is 64.4 Å². The lowest BCUT2D eigenvalue weighted by atomic mass is 9.78. The molecule has 1 aliphatic carbocycles.